The van der Waals surface area contributed by atoms with Crippen molar-refractivity contribution >= 4 is 17.6 Å². The third-order valence-corrected chi connectivity index (χ3v) is 8.72. The van der Waals surface area contributed by atoms with Crippen molar-refractivity contribution in [3.63, 3.8) is 0 Å². The number of benzene rings is 3. The number of carbonyl (C=O) groups is 2. The lowest BCUT2D eigenvalue weighted by Gasteiger charge is -2.36. The maximum Gasteiger partial charge on any atom is 0.337 e. The predicted octanol–water partition coefficient (Wildman–Crippen LogP) is 5.88. The maximum absolute atomic E-state index is 14.3. The number of rotatable bonds is 9. The quantitative estimate of drug-likeness (QED) is 0.233. The zero-order valence-corrected chi connectivity index (χ0v) is 26.5. The first-order chi connectivity index (χ1) is 22.2. The van der Waals surface area contributed by atoms with E-state index >= 15 is 0 Å². The summed E-state index contributed by atoms with van der Waals surface area (Å²) in [5, 5.41) is 18.4. The monoisotopic (exact) mass is 625 g/mol. The SMILES string of the molecule is COc1ccc([C@H]2CC(=O)C3=C(C2)Nc2c(c(C)nn2-c2ccccc2C(=O)O)[C@H]3c2cc(OC)c(OC)c(OC)c2)cc1OC. The molecule has 2 heterocycles. The van der Waals surface area contributed by atoms with Crippen LogP contribution in [0.5, 0.6) is 28.7 Å². The van der Waals surface area contributed by atoms with Gasteiger partial charge in [0.1, 0.15) is 5.82 Å². The fraction of sp³-hybridized carbons (Fsp3) is 0.286. The van der Waals surface area contributed by atoms with E-state index in [0.29, 0.717) is 57.9 Å². The number of fused-ring (bicyclic) bond motifs is 1. The van der Waals surface area contributed by atoms with Gasteiger partial charge in [0, 0.05) is 29.2 Å². The van der Waals surface area contributed by atoms with E-state index in [9.17, 15) is 14.7 Å². The first-order valence-corrected chi connectivity index (χ1v) is 14.7. The molecule has 238 valence electrons. The van der Waals surface area contributed by atoms with Gasteiger partial charge in [0.25, 0.3) is 0 Å². The summed E-state index contributed by atoms with van der Waals surface area (Å²) in [6, 6.07) is 16.1. The lowest BCUT2D eigenvalue weighted by atomic mass is 9.72. The minimum atomic E-state index is -1.07. The van der Waals surface area contributed by atoms with Crippen LogP contribution < -0.4 is 29.0 Å². The normalized spacial score (nSPS) is 17.0. The Bertz CT molecular complexity index is 1870. The maximum atomic E-state index is 14.3. The average Bonchev–Trinajstić information content (AvgIpc) is 3.41. The van der Waals surface area contributed by atoms with Crippen molar-refractivity contribution in [2.45, 2.75) is 31.6 Å². The van der Waals surface area contributed by atoms with Crippen molar-refractivity contribution in [3.8, 4) is 34.4 Å². The van der Waals surface area contributed by atoms with Crippen LogP contribution in [0.15, 0.2) is 65.9 Å². The van der Waals surface area contributed by atoms with E-state index in [0.717, 1.165) is 22.4 Å². The predicted molar refractivity (Wildman–Crippen MR) is 170 cm³/mol. The van der Waals surface area contributed by atoms with Crippen molar-refractivity contribution in [2.75, 3.05) is 40.9 Å². The van der Waals surface area contributed by atoms with Gasteiger partial charge in [-0.2, -0.15) is 5.10 Å². The number of carboxylic acid groups (broad SMARTS) is 1. The highest BCUT2D eigenvalue weighted by Gasteiger charge is 2.42. The second kappa shape index (κ2) is 12.2. The molecule has 0 saturated carbocycles. The number of nitrogens with zero attached hydrogens (tertiary/aromatic N) is 2. The number of Topliss-reactive ketones (excluding diaryl/α,β-unsaturated/α-hetero) is 1. The van der Waals surface area contributed by atoms with Gasteiger partial charge < -0.3 is 34.1 Å². The molecule has 46 heavy (non-hydrogen) atoms. The number of aromatic nitrogens is 2. The molecule has 0 amide bonds. The highest BCUT2D eigenvalue weighted by molar-refractivity contribution is 6.02. The van der Waals surface area contributed by atoms with E-state index in [-0.39, 0.29) is 23.7 Å². The molecular weight excluding hydrogens is 590 g/mol. The van der Waals surface area contributed by atoms with Gasteiger partial charge in [-0.25, -0.2) is 9.48 Å². The summed E-state index contributed by atoms with van der Waals surface area (Å²) in [7, 11) is 7.80. The van der Waals surface area contributed by atoms with E-state index in [2.05, 4.69) is 5.32 Å². The van der Waals surface area contributed by atoms with Gasteiger partial charge in [-0.1, -0.05) is 18.2 Å². The van der Waals surface area contributed by atoms with Gasteiger partial charge >= 0.3 is 5.97 Å². The molecule has 2 atom stereocenters. The van der Waals surface area contributed by atoms with Crippen molar-refractivity contribution in [2.24, 2.45) is 0 Å². The molecule has 11 heteroatoms. The number of allylic oxidation sites excluding steroid dienone is 2. The molecule has 2 aliphatic rings. The highest BCUT2D eigenvalue weighted by atomic mass is 16.5. The Balaban J connectivity index is 1.57. The van der Waals surface area contributed by atoms with Crippen molar-refractivity contribution in [1.82, 2.24) is 9.78 Å². The van der Waals surface area contributed by atoms with Gasteiger partial charge in [-0.3, -0.25) is 4.79 Å². The molecule has 1 aromatic heterocycles. The van der Waals surface area contributed by atoms with Crippen LogP contribution >= 0.6 is 0 Å². The number of para-hydroxylation sites is 1. The number of anilines is 1. The van der Waals surface area contributed by atoms with E-state index in [1.165, 1.54) is 7.11 Å². The molecule has 4 aromatic rings. The van der Waals surface area contributed by atoms with Crippen LogP contribution in [0.4, 0.5) is 5.82 Å². The van der Waals surface area contributed by atoms with E-state index < -0.39 is 11.9 Å². The van der Waals surface area contributed by atoms with Gasteiger partial charge in [0.2, 0.25) is 5.75 Å². The number of methoxy groups -OCH3 is 5. The number of hydrogen-bond donors (Lipinski definition) is 2. The number of aryl methyl sites for hydroxylation is 1. The second-order valence-corrected chi connectivity index (χ2v) is 11.1. The smallest absolute Gasteiger partial charge is 0.337 e. The fourth-order valence-electron chi connectivity index (χ4n) is 6.63. The van der Waals surface area contributed by atoms with Crippen LogP contribution in [-0.4, -0.2) is 62.2 Å². The Kier molecular flexibility index (Phi) is 8.08. The van der Waals surface area contributed by atoms with Crippen LogP contribution in [0.1, 0.15) is 57.4 Å². The zero-order chi connectivity index (χ0) is 32.7. The minimum absolute atomic E-state index is 0.0176. The molecule has 0 unspecified atom stereocenters. The molecule has 1 aliphatic carbocycles. The largest absolute Gasteiger partial charge is 0.493 e. The van der Waals surface area contributed by atoms with E-state index in [4.69, 9.17) is 28.8 Å². The highest BCUT2D eigenvalue weighted by Crippen LogP contribution is 2.52. The number of hydrogen-bond acceptors (Lipinski definition) is 9. The number of ketones is 1. The lowest BCUT2D eigenvalue weighted by molar-refractivity contribution is -0.116. The summed E-state index contributed by atoms with van der Waals surface area (Å²) >= 11 is 0. The standard InChI is InChI=1S/C35H35N3O8/c1-18-30-31(21-16-28(44-4)33(46-6)29(17-21)45-5)32-23(36-34(30)38(37-18)24-10-8-7-9-22(24)35(40)41)13-20(14-25(32)39)19-11-12-26(42-2)27(15-19)43-3/h7-12,15-17,20,31,36H,13-14H2,1-6H3,(H,40,41)/t20-,31-/m1/s1. The fourth-order valence-corrected chi connectivity index (χ4v) is 6.63. The lowest BCUT2D eigenvalue weighted by Crippen LogP contribution is -2.30. The second-order valence-electron chi connectivity index (χ2n) is 11.1. The molecule has 0 fully saturated rings. The molecule has 0 bridgehead atoms. The molecule has 6 rings (SSSR count). The Morgan fingerprint density at radius 2 is 1.50 bits per heavy atom. The van der Waals surface area contributed by atoms with Gasteiger partial charge in [0.15, 0.2) is 28.8 Å². The summed E-state index contributed by atoms with van der Waals surface area (Å²) in [6.07, 6.45) is 0.795. The van der Waals surface area contributed by atoms with Crippen molar-refractivity contribution < 1.29 is 38.4 Å². The number of nitrogens with one attached hydrogen (secondary N) is 1. The minimum Gasteiger partial charge on any atom is -0.493 e. The third kappa shape index (κ3) is 4.97. The number of carbonyl (C=O) groups excluding carboxylic acids is 1. The third-order valence-electron chi connectivity index (χ3n) is 8.72. The number of ether oxygens (including phenoxy) is 5. The van der Waals surface area contributed by atoms with Gasteiger partial charge in [-0.05, 0) is 66.8 Å². The topological polar surface area (TPSA) is 130 Å². The molecule has 2 N–H and O–H groups in total. The Morgan fingerprint density at radius 1 is 0.848 bits per heavy atom. The zero-order valence-electron chi connectivity index (χ0n) is 26.5. The molecule has 0 spiro atoms. The summed E-state index contributed by atoms with van der Waals surface area (Å²) < 4.78 is 29.6. The van der Waals surface area contributed by atoms with E-state index in [1.807, 2.05) is 37.3 Å². The van der Waals surface area contributed by atoms with Crippen molar-refractivity contribution in [3.05, 3.63) is 93.8 Å². The van der Waals surface area contributed by atoms with Crippen molar-refractivity contribution in [1.29, 1.82) is 0 Å². The number of aromatic carboxylic acids is 1. The van der Waals surface area contributed by atoms with E-state index in [1.54, 1.807) is 57.4 Å². The Labute approximate surface area is 266 Å². The summed E-state index contributed by atoms with van der Waals surface area (Å²) in [5.74, 6) is 1.32. The average molecular weight is 626 g/mol. The Hall–Kier alpha value is -5.45. The molecule has 0 saturated heterocycles. The summed E-state index contributed by atoms with van der Waals surface area (Å²) in [6.45, 7) is 1.86. The molecule has 1 aliphatic heterocycles. The van der Waals surface area contributed by atoms with Gasteiger partial charge in [0.05, 0.1) is 52.5 Å². The number of carboxylic acids is 1. The van der Waals surface area contributed by atoms with Gasteiger partial charge in [-0.15, -0.1) is 0 Å². The summed E-state index contributed by atoms with van der Waals surface area (Å²) in [4.78, 5) is 26.6. The first-order valence-electron chi connectivity index (χ1n) is 14.7. The molecular formula is C35H35N3O8. The molecule has 3 aromatic carbocycles. The van der Waals surface area contributed by atoms with Crippen LogP contribution in [0.3, 0.4) is 0 Å². The summed E-state index contributed by atoms with van der Waals surface area (Å²) in [5.41, 5.74) is 4.94. The Morgan fingerprint density at radius 3 is 2.13 bits per heavy atom. The van der Waals surface area contributed by atoms with Crippen LogP contribution in [0.2, 0.25) is 0 Å². The molecule has 11 nitrogen and oxygen atoms in total. The molecule has 0 radical (unpaired) electrons. The van der Waals surface area contributed by atoms with Crippen LogP contribution in [0.25, 0.3) is 5.69 Å². The van der Waals surface area contributed by atoms with Crippen LogP contribution in [0, 0.1) is 6.92 Å². The first kappa shape index (κ1) is 30.6. The van der Waals surface area contributed by atoms with Crippen LogP contribution in [-0.2, 0) is 4.79 Å².